The van der Waals surface area contributed by atoms with Crippen molar-refractivity contribution in [1.82, 2.24) is 14.9 Å². The summed E-state index contributed by atoms with van der Waals surface area (Å²) >= 11 is 6.01. The molecule has 3 aromatic rings. The van der Waals surface area contributed by atoms with Crippen LogP contribution in [0.5, 0.6) is 0 Å². The number of halogens is 1. The van der Waals surface area contributed by atoms with Gasteiger partial charge in [0.05, 0.1) is 17.5 Å². The lowest BCUT2D eigenvalue weighted by Gasteiger charge is -2.32. The first kappa shape index (κ1) is 19.6. The smallest absolute Gasteiger partial charge is 0.230 e. The molecule has 1 saturated heterocycles. The lowest BCUT2D eigenvalue weighted by Crippen LogP contribution is -2.43. The fraction of sp³-hybridized carbons (Fsp3) is 0.348. The van der Waals surface area contributed by atoms with E-state index >= 15 is 0 Å². The molecule has 0 saturated carbocycles. The number of fused-ring (bicyclic) bond motifs is 1. The Balaban J connectivity index is 1.34. The first-order chi connectivity index (χ1) is 14.1. The van der Waals surface area contributed by atoms with E-state index in [1.807, 2.05) is 41.3 Å². The molecule has 5 nitrogen and oxygen atoms in total. The quantitative estimate of drug-likeness (QED) is 0.663. The number of ketones is 1. The third kappa shape index (κ3) is 4.85. The maximum absolute atomic E-state index is 12.8. The Morgan fingerprint density at radius 1 is 1.17 bits per heavy atom. The van der Waals surface area contributed by atoms with Crippen molar-refractivity contribution in [3.05, 3.63) is 64.9 Å². The molecule has 150 valence electrons. The van der Waals surface area contributed by atoms with Gasteiger partial charge in [0.25, 0.3) is 0 Å². The SMILES string of the molecule is O=C(CCc1ccccc1)C1CCCN(C(=O)Cc2nc3ccc(Cl)cc3[nH]2)C1. The van der Waals surface area contributed by atoms with Gasteiger partial charge in [-0.15, -0.1) is 0 Å². The number of piperidine rings is 1. The Bertz CT molecular complexity index is 1020. The summed E-state index contributed by atoms with van der Waals surface area (Å²) in [6.07, 6.45) is 3.22. The summed E-state index contributed by atoms with van der Waals surface area (Å²) < 4.78 is 0. The number of likely N-dealkylation sites (tertiary alicyclic amines) is 1. The minimum absolute atomic E-state index is 0.00992. The topological polar surface area (TPSA) is 66.1 Å². The summed E-state index contributed by atoms with van der Waals surface area (Å²) in [7, 11) is 0. The van der Waals surface area contributed by atoms with E-state index in [0.717, 1.165) is 30.3 Å². The van der Waals surface area contributed by atoms with E-state index in [0.29, 0.717) is 30.4 Å². The third-order valence-corrected chi connectivity index (χ3v) is 5.78. The maximum atomic E-state index is 12.8. The van der Waals surface area contributed by atoms with Crippen molar-refractivity contribution < 1.29 is 9.59 Å². The van der Waals surface area contributed by atoms with Crippen molar-refractivity contribution in [3.8, 4) is 0 Å². The molecule has 2 heterocycles. The highest BCUT2D eigenvalue weighted by molar-refractivity contribution is 6.31. The Kier molecular flexibility index (Phi) is 5.95. The average Bonchev–Trinajstić information content (AvgIpc) is 3.14. The van der Waals surface area contributed by atoms with E-state index in [-0.39, 0.29) is 24.0 Å². The monoisotopic (exact) mass is 409 g/mol. The predicted molar refractivity (Wildman–Crippen MR) is 114 cm³/mol. The van der Waals surface area contributed by atoms with Crippen LogP contribution in [0.25, 0.3) is 11.0 Å². The molecule has 0 bridgehead atoms. The predicted octanol–water partition coefficient (Wildman–Crippen LogP) is 4.20. The van der Waals surface area contributed by atoms with E-state index in [9.17, 15) is 9.59 Å². The molecule has 0 spiro atoms. The van der Waals surface area contributed by atoms with Gasteiger partial charge in [-0.05, 0) is 43.0 Å². The number of imidazole rings is 1. The second-order valence-corrected chi connectivity index (χ2v) is 8.09. The molecule has 1 aromatic heterocycles. The molecule has 1 unspecified atom stereocenters. The Labute approximate surface area is 175 Å². The van der Waals surface area contributed by atoms with Gasteiger partial charge in [0.1, 0.15) is 11.6 Å². The van der Waals surface area contributed by atoms with E-state index in [2.05, 4.69) is 9.97 Å². The van der Waals surface area contributed by atoms with Crippen molar-refractivity contribution in [2.75, 3.05) is 13.1 Å². The summed E-state index contributed by atoms with van der Waals surface area (Å²) in [6.45, 7) is 1.21. The van der Waals surface area contributed by atoms with Crippen LogP contribution in [-0.4, -0.2) is 39.6 Å². The van der Waals surface area contributed by atoms with Crippen LogP contribution in [-0.2, 0) is 22.4 Å². The van der Waals surface area contributed by atoms with Crippen LogP contribution in [0, 0.1) is 5.92 Å². The highest BCUT2D eigenvalue weighted by atomic mass is 35.5. The Morgan fingerprint density at radius 3 is 2.83 bits per heavy atom. The number of H-pyrrole nitrogens is 1. The van der Waals surface area contributed by atoms with E-state index in [1.54, 1.807) is 12.1 Å². The number of Topliss-reactive ketones (excluding diaryl/α,β-unsaturated/α-hetero) is 1. The number of nitrogens with one attached hydrogen (secondary N) is 1. The van der Waals surface area contributed by atoms with Crippen LogP contribution in [0.15, 0.2) is 48.5 Å². The minimum Gasteiger partial charge on any atom is -0.342 e. The van der Waals surface area contributed by atoms with Crippen LogP contribution in [0.3, 0.4) is 0 Å². The number of nitrogens with zero attached hydrogens (tertiary/aromatic N) is 2. The third-order valence-electron chi connectivity index (χ3n) is 5.54. The number of benzene rings is 2. The Morgan fingerprint density at radius 2 is 2.00 bits per heavy atom. The van der Waals surface area contributed by atoms with Gasteiger partial charge in [0.2, 0.25) is 5.91 Å². The molecule has 0 radical (unpaired) electrons. The number of aromatic nitrogens is 2. The van der Waals surface area contributed by atoms with Gasteiger partial charge in [-0.1, -0.05) is 41.9 Å². The molecule has 1 aliphatic heterocycles. The van der Waals surface area contributed by atoms with Gasteiger partial charge in [-0.2, -0.15) is 0 Å². The maximum Gasteiger partial charge on any atom is 0.230 e. The molecule has 1 N–H and O–H groups in total. The summed E-state index contributed by atoms with van der Waals surface area (Å²) in [4.78, 5) is 34.9. The number of carbonyl (C=O) groups is 2. The molecule has 1 atom stereocenters. The molecule has 1 fully saturated rings. The van der Waals surface area contributed by atoms with Crippen molar-refractivity contribution in [2.45, 2.75) is 32.1 Å². The summed E-state index contributed by atoms with van der Waals surface area (Å²) in [6, 6.07) is 15.5. The van der Waals surface area contributed by atoms with E-state index < -0.39 is 0 Å². The van der Waals surface area contributed by atoms with Gasteiger partial charge < -0.3 is 9.88 Å². The summed E-state index contributed by atoms with van der Waals surface area (Å²) in [5, 5.41) is 0.631. The van der Waals surface area contributed by atoms with Gasteiger partial charge in [-0.3, -0.25) is 9.59 Å². The Hall–Kier alpha value is -2.66. The summed E-state index contributed by atoms with van der Waals surface area (Å²) in [5.41, 5.74) is 2.80. The molecule has 4 rings (SSSR count). The van der Waals surface area contributed by atoms with Gasteiger partial charge in [0, 0.05) is 30.5 Å². The first-order valence-electron chi connectivity index (χ1n) is 10.1. The second kappa shape index (κ2) is 8.78. The fourth-order valence-electron chi connectivity index (χ4n) is 3.96. The van der Waals surface area contributed by atoms with Crippen LogP contribution in [0.4, 0.5) is 0 Å². The highest BCUT2D eigenvalue weighted by Crippen LogP contribution is 2.21. The molecular weight excluding hydrogens is 386 g/mol. The lowest BCUT2D eigenvalue weighted by atomic mass is 9.90. The number of carbonyl (C=O) groups excluding carboxylic acids is 2. The molecule has 6 heteroatoms. The standard InChI is InChI=1S/C23H24ClN3O2/c24-18-9-10-19-20(13-18)26-22(25-19)14-23(29)27-12-4-7-17(15-27)21(28)11-8-16-5-2-1-3-6-16/h1-3,5-6,9-10,13,17H,4,7-8,11-12,14-15H2,(H,25,26). The van der Waals surface area contributed by atoms with Crippen molar-refractivity contribution in [1.29, 1.82) is 0 Å². The van der Waals surface area contributed by atoms with Gasteiger partial charge in [0.15, 0.2) is 0 Å². The van der Waals surface area contributed by atoms with E-state index in [1.165, 1.54) is 5.56 Å². The molecule has 29 heavy (non-hydrogen) atoms. The molecule has 1 amide bonds. The van der Waals surface area contributed by atoms with Crippen molar-refractivity contribution in [2.24, 2.45) is 5.92 Å². The highest BCUT2D eigenvalue weighted by Gasteiger charge is 2.28. The first-order valence-corrected chi connectivity index (χ1v) is 10.4. The van der Waals surface area contributed by atoms with Crippen molar-refractivity contribution >= 4 is 34.3 Å². The minimum atomic E-state index is -0.0640. The van der Waals surface area contributed by atoms with Gasteiger partial charge in [-0.25, -0.2) is 4.98 Å². The lowest BCUT2D eigenvalue weighted by molar-refractivity contribution is -0.134. The zero-order chi connectivity index (χ0) is 20.2. The second-order valence-electron chi connectivity index (χ2n) is 7.65. The van der Waals surface area contributed by atoms with Crippen LogP contribution >= 0.6 is 11.6 Å². The number of aromatic amines is 1. The zero-order valence-corrected chi connectivity index (χ0v) is 17.0. The fourth-order valence-corrected chi connectivity index (χ4v) is 4.13. The number of hydrogen-bond acceptors (Lipinski definition) is 3. The van der Waals surface area contributed by atoms with Crippen molar-refractivity contribution in [3.63, 3.8) is 0 Å². The number of rotatable bonds is 6. The largest absolute Gasteiger partial charge is 0.342 e. The zero-order valence-electron chi connectivity index (χ0n) is 16.2. The normalized spacial score (nSPS) is 16.9. The van der Waals surface area contributed by atoms with Crippen LogP contribution < -0.4 is 0 Å². The van der Waals surface area contributed by atoms with E-state index in [4.69, 9.17) is 11.6 Å². The number of amides is 1. The van der Waals surface area contributed by atoms with Gasteiger partial charge >= 0.3 is 0 Å². The molecule has 2 aromatic carbocycles. The number of aryl methyl sites for hydroxylation is 1. The summed E-state index contributed by atoms with van der Waals surface area (Å²) in [5.74, 6) is 0.830. The van der Waals surface area contributed by atoms with Crippen LogP contribution in [0.1, 0.15) is 30.7 Å². The molecule has 0 aliphatic carbocycles. The number of hydrogen-bond donors (Lipinski definition) is 1. The average molecular weight is 410 g/mol. The van der Waals surface area contributed by atoms with Crippen LogP contribution in [0.2, 0.25) is 5.02 Å². The molecule has 1 aliphatic rings. The molecular formula is C23H24ClN3O2.